The van der Waals surface area contributed by atoms with Crippen LogP contribution in [0.15, 0.2) is 41.8 Å². The van der Waals surface area contributed by atoms with E-state index in [1.54, 1.807) is 26.2 Å². The molecule has 160 valence electrons. The molecule has 3 amide bonds. The van der Waals surface area contributed by atoms with Crippen LogP contribution >= 0.6 is 11.3 Å². The van der Waals surface area contributed by atoms with Gasteiger partial charge in [-0.25, -0.2) is 0 Å². The first-order valence-corrected chi connectivity index (χ1v) is 10.6. The lowest BCUT2D eigenvalue weighted by atomic mass is 10.2. The molecule has 0 radical (unpaired) electrons. The fourth-order valence-corrected chi connectivity index (χ4v) is 3.78. The van der Waals surface area contributed by atoms with Crippen molar-refractivity contribution in [1.29, 1.82) is 0 Å². The van der Waals surface area contributed by atoms with Gasteiger partial charge in [0.1, 0.15) is 0 Å². The summed E-state index contributed by atoms with van der Waals surface area (Å²) in [6, 6.07) is 11.1. The van der Waals surface area contributed by atoms with Crippen LogP contribution in [-0.4, -0.2) is 81.0 Å². The van der Waals surface area contributed by atoms with Crippen molar-refractivity contribution in [1.82, 2.24) is 9.80 Å². The molecule has 3 rings (SSSR count). The molecular formula is C21H26N4O4S. The van der Waals surface area contributed by atoms with Gasteiger partial charge in [0.25, 0.3) is 5.91 Å². The lowest BCUT2D eigenvalue weighted by Crippen LogP contribution is -2.42. The summed E-state index contributed by atoms with van der Waals surface area (Å²) in [5.41, 5.74) is 1.75. The summed E-state index contributed by atoms with van der Waals surface area (Å²) in [5.74, 6) is -0.811. The average molecular weight is 431 g/mol. The van der Waals surface area contributed by atoms with Gasteiger partial charge in [0.15, 0.2) is 0 Å². The Balaban J connectivity index is 1.46. The maximum Gasteiger partial charge on any atom is 0.264 e. The van der Waals surface area contributed by atoms with E-state index in [4.69, 9.17) is 4.74 Å². The van der Waals surface area contributed by atoms with Crippen molar-refractivity contribution < 1.29 is 19.1 Å². The van der Waals surface area contributed by atoms with Gasteiger partial charge in [0, 0.05) is 38.6 Å². The van der Waals surface area contributed by atoms with Gasteiger partial charge < -0.3 is 24.8 Å². The molecule has 1 aromatic heterocycles. The predicted octanol–water partition coefficient (Wildman–Crippen LogP) is 1.75. The minimum absolute atomic E-state index is 0.0885. The van der Waals surface area contributed by atoms with Gasteiger partial charge in [-0.1, -0.05) is 6.07 Å². The molecule has 0 saturated carbocycles. The molecule has 0 aliphatic carbocycles. The van der Waals surface area contributed by atoms with E-state index in [2.05, 4.69) is 10.2 Å². The molecule has 0 spiro atoms. The highest BCUT2D eigenvalue weighted by Gasteiger charge is 2.19. The number of carbonyl (C=O) groups is 3. The number of nitrogens with zero attached hydrogens (tertiary/aromatic N) is 3. The summed E-state index contributed by atoms with van der Waals surface area (Å²) < 4.78 is 5.36. The molecule has 1 aliphatic heterocycles. The molecule has 1 fully saturated rings. The number of ether oxygens (including phenoxy) is 1. The van der Waals surface area contributed by atoms with Crippen LogP contribution in [0.3, 0.4) is 0 Å². The van der Waals surface area contributed by atoms with E-state index in [1.165, 1.54) is 21.1 Å². The maximum atomic E-state index is 12.4. The second-order valence-corrected chi connectivity index (χ2v) is 8.03. The first-order chi connectivity index (χ1) is 14.4. The summed E-state index contributed by atoms with van der Waals surface area (Å²) in [5, 5.41) is 4.61. The highest BCUT2D eigenvalue weighted by molar-refractivity contribution is 7.12. The Kier molecular flexibility index (Phi) is 7.42. The summed E-state index contributed by atoms with van der Waals surface area (Å²) in [6.45, 7) is 2.95. The molecule has 1 saturated heterocycles. The van der Waals surface area contributed by atoms with Crippen molar-refractivity contribution in [2.24, 2.45) is 0 Å². The molecule has 1 N–H and O–H groups in total. The van der Waals surface area contributed by atoms with E-state index in [9.17, 15) is 14.4 Å². The fraction of sp³-hybridized carbons (Fsp3) is 0.381. The average Bonchev–Trinajstić information content (AvgIpc) is 3.29. The van der Waals surface area contributed by atoms with Crippen molar-refractivity contribution in [3.05, 3.63) is 46.7 Å². The molecule has 1 aliphatic rings. The zero-order valence-corrected chi connectivity index (χ0v) is 18.0. The normalized spacial score (nSPS) is 13.6. The molecule has 2 heterocycles. The number of carbonyl (C=O) groups excluding carboxylic acids is 3. The van der Waals surface area contributed by atoms with Crippen molar-refractivity contribution in [2.45, 2.75) is 0 Å². The van der Waals surface area contributed by atoms with Gasteiger partial charge in [-0.05, 0) is 35.7 Å². The highest BCUT2D eigenvalue weighted by atomic mass is 32.1. The highest BCUT2D eigenvalue weighted by Crippen LogP contribution is 2.19. The number of hydrogen-bond acceptors (Lipinski definition) is 6. The summed E-state index contributed by atoms with van der Waals surface area (Å²) in [7, 11) is 3.12. The SMILES string of the molecule is CN(CC(=O)Nc1ccc(N2CCOCC2)cc1)C(=O)CN(C)C(=O)c1cccs1. The standard InChI is InChI=1S/C21H26N4O4S/c1-23(20(27)15-24(2)21(28)18-4-3-13-30-18)14-19(26)22-16-5-7-17(8-6-16)25-9-11-29-12-10-25/h3-8,13H,9-12,14-15H2,1-2H3,(H,22,26). The second kappa shape index (κ2) is 10.2. The van der Waals surface area contributed by atoms with Gasteiger partial charge in [-0.3, -0.25) is 14.4 Å². The maximum absolute atomic E-state index is 12.4. The monoisotopic (exact) mass is 430 g/mol. The number of benzene rings is 1. The minimum atomic E-state index is -0.305. The molecule has 0 bridgehead atoms. The van der Waals surface area contributed by atoms with Gasteiger partial charge in [-0.15, -0.1) is 11.3 Å². The smallest absolute Gasteiger partial charge is 0.264 e. The van der Waals surface area contributed by atoms with Gasteiger partial charge in [0.05, 0.1) is 31.2 Å². The molecule has 1 aromatic carbocycles. The number of amides is 3. The Labute approximate surface area is 180 Å². The van der Waals surface area contributed by atoms with Gasteiger partial charge in [0.2, 0.25) is 11.8 Å². The number of anilines is 2. The fourth-order valence-electron chi connectivity index (χ4n) is 3.07. The Bertz CT molecular complexity index is 864. The van der Waals surface area contributed by atoms with Crippen molar-refractivity contribution in [3.63, 3.8) is 0 Å². The third kappa shape index (κ3) is 5.80. The third-order valence-electron chi connectivity index (χ3n) is 4.78. The Morgan fingerprint density at radius 1 is 1.03 bits per heavy atom. The zero-order chi connectivity index (χ0) is 21.5. The Morgan fingerprint density at radius 2 is 1.73 bits per heavy atom. The first kappa shape index (κ1) is 21.8. The van der Waals surface area contributed by atoms with Crippen LogP contribution in [0.4, 0.5) is 11.4 Å². The zero-order valence-electron chi connectivity index (χ0n) is 17.2. The van der Waals surface area contributed by atoms with Crippen LogP contribution in [0.5, 0.6) is 0 Å². The van der Waals surface area contributed by atoms with Crippen LogP contribution in [-0.2, 0) is 14.3 Å². The molecule has 0 unspecified atom stereocenters. The number of morpholine rings is 1. The third-order valence-corrected chi connectivity index (χ3v) is 5.64. The van der Waals surface area contributed by atoms with E-state index in [0.717, 1.165) is 18.8 Å². The Morgan fingerprint density at radius 3 is 2.37 bits per heavy atom. The molecule has 0 atom stereocenters. The summed E-state index contributed by atoms with van der Waals surface area (Å²) in [4.78, 5) is 42.4. The predicted molar refractivity (Wildman–Crippen MR) is 117 cm³/mol. The largest absolute Gasteiger partial charge is 0.378 e. The van der Waals surface area contributed by atoms with Crippen LogP contribution in [0.25, 0.3) is 0 Å². The van der Waals surface area contributed by atoms with E-state index >= 15 is 0 Å². The number of thiophene rings is 1. The van der Waals surface area contributed by atoms with Gasteiger partial charge in [-0.2, -0.15) is 0 Å². The Hall–Kier alpha value is -2.91. The molecule has 2 aromatic rings. The molecule has 30 heavy (non-hydrogen) atoms. The van der Waals surface area contributed by atoms with Crippen LogP contribution in [0.2, 0.25) is 0 Å². The summed E-state index contributed by atoms with van der Waals surface area (Å²) >= 11 is 1.33. The minimum Gasteiger partial charge on any atom is -0.378 e. The molecule has 9 heteroatoms. The lowest BCUT2D eigenvalue weighted by Gasteiger charge is -2.29. The quantitative estimate of drug-likeness (QED) is 0.724. The topological polar surface area (TPSA) is 82.2 Å². The van der Waals surface area contributed by atoms with Crippen molar-refractivity contribution >= 4 is 40.4 Å². The summed E-state index contributed by atoms with van der Waals surface area (Å²) in [6.07, 6.45) is 0. The van der Waals surface area contributed by atoms with Gasteiger partial charge >= 0.3 is 0 Å². The van der Waals surface area contributed by atoms with E-state index < -0.39 is 0 Å². The number of nitrogens with one attached hydrogen (secondary N) is 1. The van der Waals surface area contributed by atoms with Crippen LogP contribution in [0, 0.1) is 0 Å². The lowest BCUT2D eigenvalue weighted by molar-refractivity contribution is -0.133. The number of hydrogen-bond donors (Lipinski definition) is 1. The number of likely N-dealkylation sites (N-methyl/N-ethyl adjacent to an activating group) is 2. The molecule has 8 nitrogen and oxygen atoms in total. The van der Waals surface area contributed by atoms with Crippen LogP contribution in [0.1, 0.15) is 9.67 Å². The van der Waals surface area contributed by atoms with Crippen LogP contribution < -0.4 is 10.2 Å². The van der Waals surface area contributed by atoms with Crippen molar-refractivity contribution in [3.8, 4) is 0 Å². The van der Waals surface area contributed by atoms with E-state index in [-0.39, 0.29) is 30.8 Å². The van der Waals surface area contributed by atoms with Crippen molar-refractivity contribution in [2.75, 3.05) is 63.7 Å². The number of rotatable bonds is 7. The molecular weight excluding hydrogens is 404 g/mol. The first-order valence-electron chi connectivity index (χ1n) is 9.69. The second-order valence-electron chi connectivity index (χ2n) is 7.08. The van der Waals surface area contributed by atoms with E-state index in [0.29, 0.717) is 23.8 Å². The van der Waals surface area contributed by atoms with E-state index in [1.807, 2.05) is 29.6 Å².